The van der Waals surface area contributed by atoms with Gasteiger partial charge >= 0.3 is 6.16 Å². The number of hydrogen-bond acceptors (Lipinski definition) is 5. The molecule has 2 aromatic carbocycles. The Balaban J connectivity index is 2.14. The second-order valence-corrected chi connectivity index (χ2v) is 6.08. The van der Waals surface area contributed by atoms with Gasteiger partial charge in [-0.05, 0) is 39.8 Å². The Hall–Kier alpha value is -2.27. The first-order valence-electron chi connectivity index (χ1n) is 7.42. The van der Waals surface area contributed by atoms with Crippen molar-refractivity contribution in [3.05, 3.63) is 36.4 Å². The van der Waals surface area contributed by atoms with Gasteiger partial charge in [0.15, 0.2) is 0 Å². The van der Waals surface area contributed by atoms with Crippen LogP contribution in [-0.4, -0.2) is 25.2 Å². The molecule has 0 aliphatic heterocycles. The highest BCUT2D eigenvalue weighted by Crippen LogP contribution is 2.33. The summed E-state index contributed by atoms with van der Waals surface area (Å²) in [6, 6.07) is 10.9. The molecule has 0 heterocycles. The number of fused-ring (bicyclic) bond motifs is 1. The first-order chi connectivity index (χ1) is 10.8. The average molecular weight is 318 g/mol. The largest absolute Gasteiger partial charge is 0.516 e. The summed E-state index contributed by atoms with van der Waals surface area (Å²) < 4.78 is 21.3. The van der Waals surface area contributed by atoms with Crippen molar-refractivity contribution in [2.45, 2.75) is 39.6 Å². The summed E-state index contributed by atoms with van der Waals surface area (Å²) in [4.78, 5) is 12.0. The highest BCUT2D eigenvalue weighted by atomic mass is 16.8. The second-order valence-electron chi connectivity index (χ2n) is 6.08. The summed E-state index contributed by atoms with van der Waals surface area (Å²) in [6.07, 6.45) is -1.51. The molecule has 0 bridgehead atoms. The molecule has 0 aromatic heterocycles. The van der Waals surface area contributed by atoms with E-state index in [1.165, 1.54) is 0 Å². The molecule has 2 rings (SSSR count). The van der Waals surface area contributed by atoms with Crippen LogP contribution >= 0.6 is 0 Å². The van der Waals surface area contributed by atoms with Crippen LogP contribution in [0, 0.1) is 0 Å². The number of carbonyl (C=O) groups excluding carboxylic acids is 1. The highest BCUT2D eigenvalue weighted by Gasteiger charge is 2.20. The van der Waals surface area contributed by atoms with E-state index >= 15 is 0 Å². The Kier molecular flexibility index (Phi) is 5.11. The lowest BCUT2D eigenvalue weighted by Gasteiger charge is -2.24. The van der Waals surface area contributed by atoms with Gasteiger partial charge in [-0.25, -0.2) is 4.79 Å². The normalized spacial score (nSPS) is 12.7. The lowest BCUT2D eigenvalue weighted by atomic mass is 10.1. The molecule has 0 aliphatic carbocycles. The molecule has 5 nitrogen and oxygen atoms in total. The Labute approximate surface area is 136 Å². The molecular weight excluding hydrogens is 296 g/mol. The fourth-order valence-electron chi connectivity index (χ4n) is 2.28. The smallest absolute Gasteiger partial charge is 0.496 e. The molecule has 124 valence electrons. The predicted octanol–water partition coefficient (Wildman–Crippen LogP) is 4.52. The first-order valence-corrected chi connectivity index (χ1v) is 7.42. The van der Waals surface area contributed by atoms with Crippen LogP contribution in [0.25, 0.3) is 10.8 Å². The quantitative estimate of drug-likeness (QED) is 0.471. The molecule has 0 fully saturated rings. The van der Waals surface area contributed by atoms with E-state index in [2.05, 4.69) is 0 Å². The molecule has 0 amide bonds. The average Bonchev–Trinajstić information content (AvgIpc) is 2.45. The van der Waals surface area contributed by atoms with Crippen LogP contribution in [0.4, 0.5) is 4.79 Å². The van der Waals surface area contributed by atoms with E-state index in [1.54, 1.807) is 26.2 Å². The van der Waals surface area contributed by atoms with Crippen molar-refractivity contribution >= 4 is 16.9 Å². The molecule has 0 radical (unpaired) electrons. The van der Waals surface area contributed by atoms with E-state index in [9.17, 15) is 4.79 Å². The molecule has 1 unspecified atom stereocenters. The maximum atomic E-state index is 12.0. The van der Waals surface area contributed by atoms with Crippen molar-refractivity contribution in [3.8, 4) is 11.5 Å². The maximum absolute atomic E-state index is 12.0. The van der Waals surface area contributed by atoms with Gasteiger partial charge < -0.3 is 18.9 Å². The Morgan fingerprint density at radius 1 is 1.00 bits per heavy atom. The van der Waals surface area contributed by atoms with Crippen LogP contribution < -0.4 is 9.47 Å². The van der Waals surface area contributed by atoms with Gasteiger partial charge in [0, 0.05) is 10.8 Å². The zero-order valence-corrected chi connectivity index (χ0v) is 14.1. The van der Waals surface area contributed by atoms with Gasteiger partial charge in [0.25, 0.3) is 0 Å². The number of methoxy groups -OCH3 is 1. The van der Waals surface area contributed by atoms with Gasteiger partial charge in [0.1, 0.15) is 11.5 Å². The highest BCUT2D eigenvalue weighted by molar-refractivity contribution is 5.94. The molecule has 23 heavy (non-hydrogen) atoms. The van der Waals surface area contributed by atoms with E-state index in [0.29, 0.717) is 11.5 Å². The molecule has 0 aliphatic rings. The van der Waals surface area contributed by atoms with E-state index < -0.39 is 18.0 Å². The van der Waals surface area contributed by atoms with Crippen molar-refractivity contribution in [2.75, 3.05) is 7.11 Å². The summed E-state index contributed by atoms with van der Waals surface area (Å²) in [5.74, 6) is 1.13. The van der Waals surface area contributed by atoms with Crippen molar-refractivity contribution < 1.29 is 23.7 Å². The minimum Gasteiger partial charge on any atom is -0.496 e. The Morgan fingerprint density at radius 3 is 2.13 bits per heavy atom. The minimum atomic E-state index is -0.808. The maximum Gasteiger partial charge on any atom is 0.516 e. The van der Waals surface area contributed by atoms with E-state index in [4.69, 9.17) is 18.9 Å². The lowest BCUT2D eigenvalue weighted by molar-refractivity contribution is -0.161. The number of hydrogen-bond donors (Lipinski definition) is 0. The third kappa shape index (κ3) is 4.60. The molecule has 0 saturated heterocycles. The van der Waals surface area contributed by atoms with Gasteiger partial charge in [-0.1, -0.05) is 24.3 Å². The minimum absolute atomic E-state index is 0.410. The van der Waals surface area contributed by atoms with Crippen molar-refractivity contribution in [3.63, 3.8) is 0 Å². The molecule has 5 heteroatoms. The lowest BCUT2D eigenvalue weighted by Crippen LogP contribution is -2.29. The third-order valence-electron chi connectivity index (χ3n) is 3.04. The van der Waals surface area contributed by atoms with E-state index in [1.807, 2.05) is 45.0 Å². The van der Waals surface area contributed by atoms with Crippen LogP contribution in [0.1, 0.15) is 27.7 Å². The van der Waals surface area contributed by atoms with Gasteiger partial charge in [-0.2, -0.15) is 0 Å². The number of ether oxygens (including phenoxy) is 4. The summed E-state index contributed by atoms with van der Waals surface area (Å²) in [7, 11) is 1.60. The summed E-state index contributed by atoms with van der Waals surface area (Å²) >= 11 is 0. The SMILES string of the molecule is COc1ccc(OC(=O)OC(C)OC(C)(C)C)c2ccccc12. The fraction of sp³-hybridized carbons (Fsp3) is 0.389. The van der Waals surface area contributed by atoms with Gasteiger partial charge in [0.05, 0.1) is 12.7 Å². The number of carbonyl (C=O) groups is 1. The van der Waals surface area contributed by atoms with Crippen LogP contribution in [0.5, 0.6) is 11.5 Å². The van der Waals surface area contributed by atoms with Gasteiger partial charge in [-0.15, -0.1) is 0 Å². The predicted molar refractivity (Wildman–Crippen MR) is 87.9 cm³/mol. The second kappa shape index (κ2) is 6.87. The standard InChI is InChI=1S/C18H22O5/c1-12(23-18(2,3)4)21-17(19)22-16-11-10-15(20-5)13-8-6-7-9-14(13)16/h6-12H,1-5H3. The molecule has 1 atom stereocenters. The van der Waals surface area contributed by atoms with Gasteiger partial charge in [0.2, 0.25) is 6.29 Å². The Morgan fingerprint density at radius 2 is 1.57 bits per heavy atom. The fourth-order valence-corrected chi connectivity index (χ4v) is 2.28. The molecule has 0 N–H and O–H groups in total. The number of rotatable bonds is 4. The van der Waals surface area contributed by atoms with Crippen molar-refractivity contribution in [1.82, 2.24) is 0 Å². The molecule has 0 saturated carbocycles. The molecular formula is C18H22O5. The van der Waals surface area contributed by atoms with E-state index in [-0.39, 0.29) is 0 Å². The first kappa shape index (κ1) is 17.1. The zero-order chi connectivity index (χ0) is 17.0. The zero-order valence-electron chi connectivity index (χ0n) is 14.1. The summed E-state index contributed by atoms with van der Waals surface area (Å²) in [6.45, 7) is 7.30. The monoisotopic (exact) mass is 318 g/mol. The van der Waals surface area contributed by atoms with Crippen LogP contribution in [-0.2, 0) is 9.47 Å². The topological polar surface area (TPSA) is 54.0 Å². The van der Waals surface area contributed by atoms with Gasteiger partial charge in [-0.3, -0.25) is 0 Å². The van der Waals surface area contributed by atoms with Crippen molar-refractivity contribution in [1.29, 1.82) is 0 Å². The molecule has 0 spiro atoms. The third-order valence-corrected chi connectivity index (χ3v) is 3.04. The summed E-state index contributed by atoms with van der Waals surface area (Å²) in [5.41, 5.74) is -0.410. The Bertz CT molecular complexity index is 687. The van der Waals surface area contributed by atoms with Crippen LogP contribution in [0.2, 0.25) is 0 Å². The van der Waals surface area contributed by atoms with Crippen molar-refractivity contribution in [2.24, 2.45) is 0 Å². The number of benzene rings is 2. The van der Waals surface area contributed by atoms with Crippen LogP contribution in [0.3, 0.4) is 0 Å². The molecule has 2 aromatic rings. The summed E-state index contributed by atoms with van der Waals surface area (Å²) in [5, 5.41) is 1.63. The van der Waals surface area contributed by atoms with E-state index in [0.717, 1.165) is 10.8 Å². The van der Waals surface area contributed by atoms with Crippen LogP contribution in [0.15, 0.2) is 36.4 Å².